The van der Waals surface area contributed by atoms with E-state index in [1.165, 1.54) is 28.6 Å². The van der Waals surface area contributed by atoms with E-state index in [1.54, 1.807) is 0 Å². The summed E-state index contributed by atoms with van der Waals surface area (Å²) in [4.78, 5) is 20.5. The van der Waals surface area contributed by atoms with E-state index in [9.17, 15) is 4.79 Å². The van der Waals surface area contributed by atoms with Gasteiger partial charge in [-0.3, -0.25) is 4.79 Å². The van der Waals surface area contributed by atoms with E-state index >= 15 is 0 Å². The van der Waals surface area contributed by atoms with E-state index in [4.69, 9.17) is 0 Å². The number of fused-ring (bicyclic) bond motifs is 1. The first-order valence-corrected chi connectivity index (χ1v) is 12.2. The molecule has 0 bridgehead atoms. The van der Waals surface area contributed by atoms with Crippen LogP contribution >= 0.6 is 11.8 Å². The van der Waals surface area contributed by atoms with Crippen molar-refractivity contribution in [3.8, 4) is 0 Å². The quantitative estimate of drug-likeness (QED) is 0.533. The molecule has 0 aliphatic carbocycles. The van der Waals surface area contributed by atoms with Crippen LogP contribution in [0.1, 0.15) is 69.2 Å². The number of amidine groups is 1. The standard InChI is InChI=1S/C27H33N3OS/c1-16(2)30-23-11-9-20(13-21(23)19(5)15-27(30,6)7)14-24-25(31)29-26(32-24)28-22-10-8-17(3)12-18(22)4/h8-14,16,19H,15H2,1-7H3,(H,28,29,31)/b24-14-/t19-/m1/s1. The number of carbonyl (C=O) groups excluding carboxylic acids is 1. The molecule has 5 heteroatoms. The van der Waals surface area contributed by atoms with Crippen molar-refractivity contribution in [1.82, 2.24) is 5.32 Å². The smallest absolute Gasteiger partial charge is 0.264 e. The number of nitrogens with one attached hydrogen (secondary N) is 1. The van der Waals surface area contributed by atoms with Crippen LogP contribution in [0.3, 0.4) is 0 Å². The van der Waals surface area contributed by atoms with Crippen LogP contribution in [0.25, 0.3) is 6.08 Å². The zero-order chi connectivity index (χ0) is 23.2. The average molecular weight is 448 g/mol. The van der Waals surface area contributed by atoms with E-state index < -0.39 is 0 Å². The summed E-state index contributed by atoms with van der Waals surface area (Å²) in [6, 6.07) is 13.2. The maximum Gasteiger partial charge on any atom is 0.264 e. The van der Waals surface area contributed by atoms with Gasteiger partial charge in [0.05, 0.1) is 10.6 Å². The molecule has 2 aromatic rings. The molecule has 2 aliphatic rings. The van der Waals surface area contributed by atoms with Gasteiger partial charge in [0.1, 0.15) is 0 Å². The summed E-state index contributed by atoms with van der Waals surface area (Å²) in [5.41, 5.74) is 7.05. The highest BCUT2D eigenvalue weighted by Crippen LogP contribution is 2.45. The van der Waals surface area contributed by atoms with Gasteiger partial charge in [0, 0.05) is 17.3 Å². The number of thioether (sulfide) groups is 1. The van der Waals surface area contributed by atoms with Crippen molar-refractivity contribution in [2.75, 3.05) is 4.90 Å². The second-order valence-electron chi connectivity index (χ2n) is 9.97. The average Bonchev–Trinajstić information content (AvgIpc) is 3.02. The van der Waals surface area contributed by atoms with Gasteiger partial charge in [0.25, 0.3) is 5.91 Å². The Hall–Kier alpha value is -2.53. The molecule has 168 valence electrons. The number of hydrogen-bond donors (Lipinski definition) is 1. The van der Waals surface area contributed by atoms with Gasteiger partial charge in [-0.1, -0.05) is 30.7 Å². The predicted octanol–water partition coefficient (Wildman–Crippen LogP) is 6.70. The summed E-state index contributed by atoms with van der Waals surface area (Å²) < 4.78 is 0. The molecule has 4 rings (SSSR count). The molecule has 2 heterocycles. The number of amides is 1. The van der Waals surface area contributed by atoms with Crippen LogP contribution in [0.15, 0.2) is 46.3 Å². The Morgan fingerprint density at radius 1 is 1.19 bits per heavy atom. The normalized spacial score (nSPS) is 22.6. The number of aryl methyl sites for hydroxylation is 2. The van der Waals surface area contributed by atoms with Crippen LogP contribution in [-0.4, -0.2) is 22.7 Å². The van der Waals surface area contributed by atoms with Crippen molar-refractivity contribution < 1.29 is 4.79 Å². The fraction of sp³-hybridized carbons (Fsp3) is 0.407. The van der Waals surface area contributed by atoms with Gasteiger partial charge in [-0.05, 0) is 107 Å². The molecule has 32 heavy (non-hydrogen) atoms. The molecule has 0 radical (unpaired) electrons. The third-order valence-corrected chi connectivity index (χ3v) is 7.25. The molecule has 0 saturated carbocycles. The molecule has 0 unspecified atom stereocenters. The minimum atomic E-state index is -0.0887. The largest absolute Gasteiger partial charge is 0.364 e. The summed E-state index contributed by atoms with van der Waals surface area (Å²) in [6.45, 7) is 15.6. The summed E-state index contributed by atoms with van der Waals surface area (Å²) in [7, 11) is 0. The maximum atomic E-state index is 12.6. The van der Waals surface area contributed by atoms with Crippen molar-refractivity contribution >= 4 is 40.3 Å². The van der Waals surface area contributed by atoms with E-state index in [-0.39, 0.29) is 11.4 Å². The monoisotopic (exact) mass is 447 g/mol. The lowest BCUT2D eigenvalue weighted by Gasteiger charge is -2.50. The van der Waals surface area contributed by atoms with Crippen LogP contribution in [0.5, 0.6) is 0 Å². The van der Waals surface area contributed by atoms with E-state index in [1.807, 2.05) is 25.1 Å². The van der Waals surface area contributed by atoms with E-state index in [0.29, 0.717) is 22.0 Å². The second kappa shape index (κ2) is 8.43. The highest BCUT2D eigenvalue weighted by Gasteiger charge is 2.37. The molecular formula is C27H33N3OS. The molecule has 1 atom stereocenters. The minimum Gasteiger partial charge on any atom is -0.364 e. The Kier molecular flexibility index (Phi) is 5.97. The van der Waals surface area contributed by atoms with Crippen molar-refractivity contribution in [3.63, 3.8) is 0 Å². The number of nitrogens with zero attached hydrogens (tertiary/aromatic N) is 2. The lowest BCUT2D eigenvalue weighted by Crippen LogP contribution is -2.51. The van der Waals surface area contributed by atoms with Crippen LogP contribution in [0.4, 0.5) is 11.4 Å². The topological polar surface area (TPSA) is 44.7 Å². The maximum absolute atomic E-state index is 12.6. The van der Waals surface area contributed by atoms with Gasteiger partial charge >= 0.3 is 0 Å². The van der Waals surface area contributed by atoms with Gasteiger partial charge in [0.2, 0.25) is 0 Å². The summed E-state index contributed by atoms with van der Waals surface area (Å²) in [5, 5.41) is 3.55. The first-order valence-electron chi connectivity index (χ1n) is 11.4. The lowest BCUT2D eigenvalue weighted by atomic mass is 9.79. The van der Waals surface area contributed by atoms with Gasteiger partial charge in [-0.15, -0.1) is 0 Å². The number of aliphatic imine (C=N–C) groups is 1. The first-order chi connectivity index (χ1) is 15.0. The minimum absolute atomic E-state index is 0.0887. The van der Waals surface area contributed by atoms with Gasteiger partial charge < -0.3 is 10.2 Å². The first kappa shape index (κ1) is 22.7. The molecule has 2 aliphatic heterocycles. The Morgan fingerprint density at radius 2 is 1.94 bits per heavy atom. The highest BCUT2D eigenvalue weighted by molar-refractivity contribution is 8.18. The van der Waals surface area contributed by atoms with Crippen LogP contribution in [-0.2, 0) is 4.79 Å². The number of hydrogen-bond acceptors (Lipinski definition) is 4. The fourth-order valence-electron chi connectivity index (χ4n) is 5.21. The van der Waals surface area contributed by atoms with E-state index in [0.717, 1.165) is 23.2 Å². The van der Waals surface area contributed by atoms with Crippen LogP contribution in [0, 0.1) is 13.8 Å². The SMILES string of the molecule is Cc1ccc(N=C2NC(=O)/C(=C/c3ccc4c(c3)[C@H](C)CC(C)(C)N4C(C)C)S2)c(C)c1. The zero-order valence-electron chi connectivity index (χ0n) is 20.1. The van der Waals surface area contributed by atoms with Gasteiger partial charge in [-0.25, -0.2) is 4.99 Å². The second-order valence-corrected chi connectivity index (χ2v) is 11.0. The molecule has 4 nitrogen and oxygen atoms in total. The Morgan fingerprint density at radius 3 is 2.62 bits per heavy atom. The number of anilines is 1. The number of rotatable bonds is 3. The third-order valence-electron chi connectivity index (χ3n) is 6.34. The third kappa shape index (κ3) is 4.36. The molecule has 1 fully saturated rings. The van der Waals surface area contributed by atoms with Crippen molar-refractivity contribution in [2.45, 2.75) is 72.4 Å². The summed E-state index contributed by atoms with van der Waals surface area (Å²) in [6.07, 6.45) is 3.09. The Bertz CT molecular complexity index is 1130. The van der Waals surface area contributed by atoms with Crippen LogP contribution < -0.4 is 10.2 Å². The Balaban J connectivity index is 1.63. The number of benzene rings is 2. The predicted molar refractivity (Wildman–Crippen MR) is 138 cm³/mol. The van der Waals surface area contributed by atoms with E-state index in [2.05, 4.69) is 81.0 Å². The lowest BCUT2D eigenvalue weighted by molar-refractivity contribution is -0.115. The molecule has 0 aromatic heterocycles. The molecule has 1 amide bonds. The van der Waals surface area contributed by atoms with Crippen molar-refractivity contribution in [3.05, 3.63) is 63.6 Å². The zero-order valence-corrected chi connectivity index (χ0v) is 20.9. The summed E-state index contributed by atoms with van der Waals surface area (Å²) in [5.74, 6) is 0.384. The fourth-order valence-corrected chi connectivity index (χ4v) is 6.04. The van der Waals surface area contributed by atoms with Gasteiger partial charge in [-0.2, -0.15) is 0 Å². The Labute approximate surface area is 196 Å². The molecule has 1 N–H and O–H groups in total. The van der Waals surface area contributed by atoms with Crippen LogP contribution in [0.2, 0.25) is 0 Å². The number of carbonyl (C=O) groups is 1. The van der Waals surface area contributed by atoms with Crippen molar-refractivity contribution in [2.24, 2.45) is 4.99 Å². The highest BCUT2D eigenvalue weighted by atomic mass is 32.2. The van der Waals surface area contributed by atoms with Gasteiger partial charge in [0.15, 0.2) is 5.17 Å². The summed E-state index contributed by atoms with van der Waals surface area (Å²) >= 11 is 1.40. The van der Waals surface area contributed by atoms with Crippen molar-refractivity contribution in [1.29, 1.82) is 0 Å². The molecular weight excluding hydrogens is 414 g/mol. The molecule has 1 saturated heterocycles. The molecule has 2 aromatic carbocycles. The molecule has 0 spiro atoms.